The molecule has 0 N–H and O–H groups in total. The number of benzene rings is 7. The summed E-state index contributed by atoms with van der Waals surface area (Å²) in [5.74, 6) is 1.62. The van der Waals surface area contributed by atoms with E-state index < -0.39 is 5.41 Å². The second kappa shape index (κ2) is 10.6. The van der Waals surface area contributed by atoms with Gasteiger partial charge in [0.1, 0.15) is 0 Å². The first kappa shape index (κ1) is 30.7. The van der Waals surface area contributed by atoms with Gasteiger partial charge in [0.2, 0.25) is 0 Å². The summed E-state index contributed by atoms with van der Waals surface area (Å²) in [6.07, 6.45) is 3.65. The van der Waals surface area contributed by atoms with E-state index >= 15 is 0 Å². The minimum Gasteiger partial charge on any atom is -0.461 e. The van der Waals surface area contributed by atoms with Crippen molar-refractivity contribution in [2.75, 3.05) is 4.90 Å². The molecule has 0 fully saturated rings. The molecule has 2 aliphatic carbocycles. The molecule has 3 aromatic heterocycles. The third-order valence-corrected chi connectivity index (χ3v) is 14.2. The largest absolute Gasteiger partial charge is 0.461 e. The number of hydrogen-bond donors (Lipinski definition) is 0. The standard InChI is InChI=1S/C52H33NO2S/c1-51(2)39-22-16-31-12-6-7-13-34(31)46(39)37-19-18-33(29-43(37)51)53-44-28-32(30-10-4-3-5-11-30)17-21-38(44)52(41-24-26-54-48(41)49-42(52)25-27-55-49)40-23-20-36-35-14-8-9-15-45(35)56-50(36)47(40)53/h3-29H,1-2H3. The zero-order valence-corrected chi connectivity index (χ0v) is 31.6. The van der Waals surface area contributed by atoms with Crippen molar-refractivity contribution in [3.8, 4) is 33.8 Å². The molecule has 3 nitrogen and oxygen atoms in total. The van der Waals surface area contributed by atoms with E-state index in [9.17, 15) is 0 Å². The third kappa shape index (κ3) is 3.64. The SMILES string of the molecule is CC1(C)c2cc(N3c4cc(-c5ccccc5)ccc4C4(c5ccoc5-c5occc54)c4ccc5c(sc6ccccc65)c43)ccc2-c2c1ccc1ccccc21. The zero-order chi connectivity index (χ0) is 36.9. The summed E-state index contributed by atoms with van der Waals surface area (Å²) in [6, 6.07) is 56.4. The van der Waals surface area contributed by atoms with Crippen molar-refractivity contribution < 1.29 is 8.83 Å². The van der Waals surface area contributed by atoms with E-state index in [1.165, 1.54) is 81.1 Å². The number of thiophene rings is 1. The summed E-state index contributed by atoms with van der Waals surface area (Å²) in [5.41, 5.74) is 15.1. The summed E-state index contributed by atoms with van der Waals surface area (Å²) in [4.78, 5) is 2.58. The molecule has 0 atom stereocenters. The van der Waals surface area contributed by atoms with Crippen molar-refractivity contribution in [1.29, 1.82) is 0 Å². The number of rotatable bonds is 2. The van der Waals surface area contributed by atoms with E-state index in [-0.39, 0.29) is 5.41 Å². The molecule has 0 saturated heterocycles. The molecule has 7 aromatic carbocycles. The Morgan fingerprint density at radius 2 is 1.23 bits per heavy atom. The number of hydrogen-bond acceptors (Lipinski definition) is 4. The Balaban J connectivity index is 1.17. The van der Waals surface area contributed by atoms with Gasteiger partial charge < -0.3 is 13.7 Å². The molecule has 264 valence electrons. The van der Waals surface area contributed by atoms with Crippen molar-refractivity contribution in [2.45, 2.75) is 24.7 Å². The Morgan fingerprint density at radius 1 is 0.518 bits per heavy atom. The van der Waals surface area contributed by atoms with Gasteiger partial charge >= 0.3 is 0 Å². The molecule has 13 rings (SSSR count). The van der Waals surface area contributed by atoms with E-state index in [1.807, 2.05) is 23.9 Å². The lowest BCUT2D eigenvalue weighted by molar-refractivity contribution is 0.525. The van der Waals surface area contributed by atoms with Crippen LogP contribution in [0.5, 0.6) is 0 Å². The second-order valence-corrected chi connectivity index (χ2v) is 17.1. The van der Waals surface area contributed by atoms with Crippen LogP contribution in [0, 0.1) is 0 Å². The molecule has 4 heteroatoms. The Labute approximate surface area is 327 Å². The van der Waals surface area contributed by atoms with Crippen LogP contribution in [0.3, 0.4) is 0 Å². The topological polar surface area (TPSA) is 29.5 Å². The molecule has 0 bridgehead atoms. The average Bonchev–Trinajstić information content (AvgIpc) is 4.07. The maximum atomic E-state index is 6.29. The van der Waals surface area contributed by atoms with Gasteiger partial charge in [-0.2, -0.15) is 0 Å². The van der Waals surface area contributed by atoms with Crippen LogP contribution in [0.2, 0.25) is 0 Å². The predicted octanol–water partition coefficient (Wildman–Crippen LogP) is 14.5. The fourth-order valence-corrected chi connectivity index (χ4v) is 11.8. The van der Waals surface area contributed by atoms with E-state index in [0.29, 0.717) is 0 Å². The van der Waals surface area contributed by atoms with Crippen LogP contribution in [-0.4, -0.2) is 0 Å². The van der Waals surface area contributed by atoms with Gasteiger partial charge in [0.25, 0.3) is 0 Å². The molecule has 10 aromatic rings. The Bertz CT molecular complexity index is 3260. The van der Waals surface area contributed by atoms with Crippen molar-refractivity contribution in [1.82, 2.24) is 0 Å². The molecular formula is C52H33NO2S. The van der Waals surface area contributed by atoms with Crippen molar-refractivity contribution in [3.63, 3.8) is 0 Å². The molecule has 1 aliphatic heterocycles. The lowest BCUT2D eigenvalue weighted by Gasteiger charge is -2.44. The van der Waals surface area contributed by atoms with Crippen LogP contribution in [-0.2, 0) is 10.8 Å². The lowest BCUT2D eigenvalue weighted by Crippen LogP contribution is -2.36. The van der Waals surface area contributed by atoms with Gasteiger partial charge in [0.05, 0.1) is 34.0 Å². The molecule has 4 heterocycles. The Kier molecular flexibility index (Phi) is 5.79. The first-order chi connectivity index (χ1) is 27.5. The van der Waals surface area contributed by atoms with Crippen LogP contribution in [0.15, 0.2) is 173 Å². The average molecular weight is 736 g/mol. The van der Waals surface area contributed by atoms with E-state index in [2.05, 4.69) is 170 Å². The summed E-state index contributed by atoms with van der Waals surface area (Å²) in [7, 11) is 0. The first-order valence-corrected chi connectivity index (χ1v) is 20.1. The van der Waals surface area contributed by atoms with Gasteiger partial charge in [-0.25, -0.2) is 0 Å². The minimum absolute atomic E-state index is 0.189. The second-order valence-electron chi connectivity index (χ2n) is 16.0. The highest BCUT2D eigenvalue weighted by molar-refractivity contribution is 7.26. The minimum atomic E-state index is -0.642. The van der Waals surface area contributed by atoms with Crippen LogP contribution in [0.1, 0.15) is 47.2 Å². The number of nitrogens with zero attached hydrogens (tertiary/aromatic N) is 1. The quantitative estimate of drug-likeness (QED) is 0.177. The summed E-state index contributed by atoms with van der Waals surface area (Å²) in [5, 5.41) is 5.14. The molecule has 0 radical (unpaired) electrons. The van der Waals surface area contributed by atoms with E-state index in [1.54, 1.807) is 0 Å². The Hall–Kier alpha value is -6.62. The monoisotopic (exact) mass is 735 g/mol. The van der Waals surface area contributed by atoms with Gasteiger partial charge in [0.15, 0.2) is 11.5 Å². The van der Waals surface area contributed by atoms with Crippen LogP contribution < -0.4 is 4.90 Å². The maximum Gasteiger partial charge on any atom is 0.174 e. The zero-order valence-electron chi connectivity index (χ0n) is 30.8. The Morgan fingerprint density at radius 3 is 2.05 bits per heavy atom. The lowest BCUT2D eigenvalue weighted by atomic mass is 9.65. The van der Waals surface area contributed by atoms with E-state index in [0.717, 1.165) is 34.0 Å². The van der Waals surface area contributed by atoms with Gasteiger partial charge in [-0.3, -0.25) is 0 Å². The van der Waals surface area contributed by atoms with Gasteiger partial charge in [-0.15, -0.1) is 11.3 Å². The summed E-state index contributed by atoms with van der Waals surface area (Å²) < 4.78 is 15.1. The highest BCUT2D eigenvalue weighted by Gasteiger charge is 2.55. The fraction of sp³-hybridized carbons (Fsp3) is 0.0769. The molecule has 0 amide bonds. The molecule has 56 heavy (non-hydrogen) atoms. The van der Waals surface area contributed by atoms with Crippen LogP contribution >= 0.6 is 11.3 Å². The smallest absolute Gasteiger partial charge is 0.174 e. The summed E-state index contributed by atoms with van der Waals surface area (Å²) >= 11 is 1.89. The number of fused-ring (bicyclic) bond motifs is 18. The summed E-state index contributed by atoms with van der Waals surface area (Å²) in [6.45, 7) is 4.78. The molecule has 3 aliphatic rings. The predicted molar refractivity (Wildman–Crippen MR) is 230 cm³/mol. The van der Waals surface area contributed by atoms with Gasteiger partial charge in [0, 0.05) is 37.7 Å². The number of anilines is 3. The molecule has 0 unspecified atom stereocenters. The maximum absolute atomic E-state index is 6.29. The van der Waals surface area contributed by atoms with Crippen molar-refractivity contribution >= 4 is 59.3 Å². The molecule has 0 saturated carbocycles. The highest BCUT2D eigenvalue weighted by atomic mass is 32.1. The fourth-order valence-electron chi connectivity index (χ4n) is 10.6. The van der Waals surface area contributed by atoms with Crippen molar-refractivity contribution in [3.05, 3.63) is 198 Å². The van der Waals surface area contributed by atoms with Crippen molar-refractivity contribution in [2.24, 2.45) is 0 Å². The number of furan rings is 2. The normalized spacial score (nSPS) is 15.2. The van der Waals surface area contributed by atoms with Crippen LogP contribution in [0.4, 0.5) is 17.1 Å². The highest BCUT2D eigenvalue weighted by Crippen LogP contribution is 2.66. The third-order valence-electron chi connectivity index (χ3n) is 13.0. The molecule has 1 spiro atoms. The molecular weight excluding hydrogens is 703 g/mol. The van der Waals surface area contributed by atoms with Gasteiger partial charge in [-0.1, -0.05) is 129 Å². The first-order valence-electron chi connectivity index (χ1n) is 19.3. The van der Waals surface area contributed by atoms with Crippen LogP contribution in [0.25, 0.3) is 64.7 Å². The van der Waals surface area contributed by atoms with E-state index in [4.69, 9.17) is 8.83 Å². The van der Waals surface area contributed by atoms with Gasteiger partial charge in [-0.05, 0) is 91.7 Å².